The van der Waals surface area contributed by atoms with E-state index in [1.807, 2.05) is 6.92 Å². The number of nitrogens with one attached hydrogen (secondary N) is 2. The standard InChI is InChI=1S/C12H18FN3O2S/c1-3-14-11-10(7-9(13)8-16-11)12(17)15-5-4-6-19(2)18/h7-8H,3-6H2,1-2H3,(H,14,16)(H,15,17). The van der Waals surface area contributed by atoms with Crippen molar-refractivity contribution in [1.29, 1.82) is 0 Å². The highest BCUT2D eigenvalue weighted by Gasteiger charge is 2.13. The maximum absolute atomic E-state index is 13.1. The fraction of sp³-hybridized carbons (Fsp3) is 0.500. The van der Waals surface area contributed by atoms with Crippen LogP contribution in [0.2, 0.25) is 0 Å². The Balaban J connectivity index is 2.64. The van der Waals surface area contributed by atoms with Crippen LogP contribution >= 0.6 is 0 Å². The average molecular weight is 287 g/mol. The van der Waals surface area contributed by atoms with Gasteiger partial charge in [-0.2, -0.15) is 0 Å². The normalized spacial score (nSPS) is 11.9. The van der Waals surface area contributed by atoms with E-state index in [0.29, 0.717) is 31.1 Å². The Morgan fingerprint density at radius 3 is 2.89 bits per heavy atom. The Bertz CT molecular complexity index is 468. The van der Waals surface area contributed by atoms with Crippen molar-refractivity contribution in [3.8, 4) is 0 Å². The van der Waals surface area contributed by atoms with E-state index in [-0.39, 0.29) is 11.5 Å². The molecule has 0 spiro atoms. The van der Waals surface area contributed by atoms with E-state index < -0.39 is 16.6 Å². The number of amides is 1. The molecule has 1 amide bonds. The van der Waals surface area contributed by atoms with Crippen LogP contribution < -0.4 is 10.6 Å². The van der Waals surface area contributed by atoms with Gasteiger partial charge in [-0.25, -0.2) is 9.37 Å². The first kappa shape index (κ1) is 15.6. The second kappa shape index (κ2) is 7.83. The molecule has 0 saturated carbocycles. The molecule has 0 bridgehead atoms. The van der Waals surface area contributed by atoms with Crippen LogP contribution in [0, 0.1) is 5.82 Å². The van der Waals surface area contributed by atoms with Gasteiger partial charge in [0.25, 0.3) is 5.91 Å². The molecule has 1 aromatic heterocycles. The summed E-state index contributed by atoms with van der Waals surface area (Å²) in [6.07, 6.45) is 3.30. The quantitative estimate of drug-likeness (QED) is 0.738. The molecule has 106 valence electrons. The van der Waals surface area contributed by atoms with E-state index >= 15 is 0 Å². The first-order valence-corrected chi connectivity index (χ1v) is 7.75. The monoisotopic (exact) mass is 287 g/mol. The third-order valence-electron chi connectivity index (χ3n) is 2.34. The van der Waals surface area contributed by atoms with Crippen molar-refractivity contribution in [3.63, 3.8) is 0 Å². The summed E-state index contributed by atoms with van der Waals surface area (Å²) in [6, 6.07) is 1.15. The number of carbonyl (C=O) groups excluding carboxylic acids is 1. The molecular formula is C12H18FN3O2S. The minimum Gasteiger partial charge on any atom is -0.370 e. The number of anilines is 1. The number of halogens is 1. The summed E-state index contributed by atoms with van der Waals surface area (Å²) in [5, 5.41) is 5.57. The zero-order chi connectivity index (χ0) is 14.3. The number of rotatable bonds is 7. The van der Waals surface area contributed by atoms with E-state index in [1.54, 1.807) is 6.26 Å². The average Bonchev–Trinajstić information content (AvgIpc) is 2.36. The van der Waals surface area contributed by atoms with Gasteiger partial charge in [0.2, 0.25) is 0 Å². The summed E-state index contributed by atoms with van der Waals surface area (Å²) in [4.78, 5) is 15.8. The Hall–Kier alpha value is -1.50. The van der Waals surface area contributed by atoms with E-state index in [0.717, 1.165) is 12.3 Å². The van der Waals surface area contributed by atoms with Crippen molar-refractivity contribution in [2.24, 2.45) is 0 Å². The van der Waals surface area contributed by atoms with Crippen molar-refractivity contribution in [2.45, 2.75) is 13.3 Å². The third-order valence-corrected chi connectivity index (χ3v) is 3.20. The van der Waals surface area contributed by atoms with Crippen LogP contribution in [0.25, 0.3) is 0 Å². The Labute approximate surface area is 114 Å². The molecule has 1 rings (SSSR count). The molecule has 0 aliphatic heterocycles. The van der Waals surface area contributed by atoms with Crippen LogP contribution in [-0.2, 0) is 10.8 Å². The van der Waals surface area contributed by atoms with Gasteiger partial charge in [-0.1, -0.05) is 0 Å². The zero-order valence-electron chi connectivity index (χ0n) is 11.0. The molecule has 5 nitrogen and oxygen atoms in total. The summed E-state index contributed by atoms with van der Waals surface area (Å²) in [5.41, 5.74) is 0.180. The molecule has 0 aliphatic rings. The molecule has 0 radical (unpaired) electrons. The molecule has 0 fully saturated rings. The van der Waals surface area contributed by atoms with Crippen LogP contribution in [0.4, 0.5) is 10.2 Å². The van der Waals surface area contributed by atoms with E-state index in [1.165, 1.54) is 0 Å². The Kier molecular flexibility index (Phi) is 6.41. The molecule has 1 aromatic rings. The van der Waals surface area contributed by atoms with E-state index in [9.17, 15) is 13.4 Å². The molecule has 1 atom stereocenters. The molecular weight excluding hydrogens is 269 g/mol. The van der Waals surface area contributed by atoms with Crippen LogP contribution in [0.3, 0.4) is 0 Å². The fourth-order valence-corrected chi connectivity index (χ4v) is 2.04. The molecule has 0 aromatic carbocycles. The summed E-state index contributed by atoms with van der Waals surface area (Å²) in [5.74, 6) is -0.0476. The topological polar surface area (TPSA) is 71.1 Å². The molecule has 0 saturated heterocycles. The second-order valence-electron chi connectivity index (χ2n) is 3.97. The molecule has 0 aliphatic carbocycles. The number of carbonyl (C=O) groups is 1. The number of pyridine rings is 1. The van der Waals surface area contributed by atoms with E-state index in [2.05, 4.69) is 15.6 Å². The van der Waals surface area contributed by atoms with Crippen molar-refractivity contribution in [1.82, 2.24) is 10.3 Å². The minimum absolute atomic E-state index is 0.180. The van der Waals surface area contributed by atoms with Gasteiger partial charge in [0.05, 0.1) is 11.8 Å². The van der Waals surface area contributed by atoms with Gasteiger partial charge in [-0.3, -0.25) is 9.00 Å². The molecule has 7 heteroatoms. The highest BCUT2D eigenvalue weighted by Crippen LogP contribution is 2.13. The lowest BCUT2D eigenvalue weighted by Crippen LogP contribution is -2.26. The molecule has 2 N–H and O–H groups in total. The van der Waals surface area contributed by atoms with Crippen molar-refractivity contribution >= 4 is 22.5 Å². The molecule has 1 heterocycles. The van der Waals surface area contributed by atoms with Crippen molar-refractivity contribution < 1.29 is 13.4 Å². The van der Waals surface area contributed by atoms with E-state index in [4.69, 9.17) is 0 Å². The van der Waals surface area contributed by atoms with Crippen molar-refractivity contribution in [2.75, 3.05) is 30.4 Å². The number of hydrogen-bond donors (Lipinski definition) is 2. The van der Waals surface area contributed by atoms with Gasteiger partial charge >= 0.3 is 0 Å². The molecule has 19 heavy (non-hydrogen) atoms. The van der Waals surface area contributed by atoms with Gasteiger partial charge in [0.1, 0.15) is 11.6 Å². The lowest BCUT2D eigenvalue weighted by atomic mass is 10.2. The van der Waals surface area contributed by atoms with Gasteiger partial charge in [0.15, 0.2) is 0 Å². The highest BCUT2D eigenvalue weighted by molar-refractivity contribution is 7.84. The lowest BCUT2D eigenvalue weighted by Gasteiger charge is -2.10. The third kappa shape index (κ3) is 5.34. The second-order valence-corrected chi connectivity index (χ2v) is 5.52. The SMILES string of the molecule is CCNc1ncc(F)cc1C(=O)NCCCS(C)=O. The summed E-state index contributed by atoms with van der Waals surface area (Å²) < 4.78 is 24.0. The molecule has 1 unspecified atom stereocenters. The summed E-state index contributed by atoms with van der Waals surface area (Å²) in [7, 11) is -0.872. The van der Waals surface area contributed by atoms with Gasteiger partial charge in [-0.15, -0.1) is 0 Å². The lowest BCUT2D eigenvalue weighted by molar-refractivity contribution is 0.0954. The van der Waals surface area contributed by atoms with Gasteiger partial charge < -0.3 is 10.6 Å². The largest absolute Gasteiger partial charge is 0.370 e. The highest BCUT2D eigenvalue weighted by atomic mass is 32.2. The number of hydrogen-bond acceptors (Lipinski definition) is 4. The smallest absolute Gasteiger partial charge is 0.255 e. The first-order chi connectivity index (χ1) is 9.04. The van der Waals surface area contributed by atoms with Crippen LogP contribution in [0.5, 0.6) is 0 Å². The first-order valence-electron chi connectivity index (χ1n) is 6.02. The maximum atomic E-state index is 13.1. The maximum Gasteiger partial charge on any atom is 0.255 e. The zero-order valence-corrected chi connectivity index (χ0v) is 11.8. The summed E-state index contributed by atoms with van der Waals surface area (Å²) >= 11 is 0. The van der Waals surface area contributed by atoms with Crippen molar-refractivity contribution in [3.05, 3.63) is 23.6 Å². The van der Waals surface area contributed by atoms with Crippen LogP contribution in [0.1, 0.15) is 23.7 Å². The fourth-order valence-electron chi connectivity index (χ4n) is 1.49. The van der Waals surface area contributed by atoms with Crippen LogP contribution in [-0.4, -0.2) is 40.2 Å². The predicted molar refractivity (Wildman–Crippen MR) is 74.2 cm³/mol. The van der Waals surface area contributed by atoms with Gasteiger partial charge in [-0.05, 0) is 19.4 Å². The predicted octanol–water partition coefficient (Wildman–Crippen LogP) is 1.15. The number of nitrogens with zero attached hydrogens (tertiary/aromatic N) is 1. The minimum atomic E-state index is -0.872. The van der Waals surface area contributed by atoms with Gasteiger partial charge in [0, 0.05) is 35.9 Å². The summed E-state index contributed by atoms with van der Waals surface area (Å²) in [6.45, 7) is 2.86. The Morgan fingerprint density at radius 2 is 2.26 bits per heavy atom. The Morgan fingerprint density at radius 1 is 1.53 bits per heavy atom. The number of aromatic nitrogens is 1. The van der Waals surface area contributed by atoms with Crippen LogP contribution in [0.15, 0.2) is 12.3 Å².